The molecule has 1 saturated carbocycles. The molecule has 0 N–H and O–H groups in total. The van der Waals surface area contributed by atoms with Crippen LogP contribution in [-0.4, -0.2) is 24.8 Å². The van der Waals surface area contributed by atoms with Crippen molar-refractivity contribution in [1.82, 2.24) is 4.98 Å². The van der Waals surface area contributed by atoms with Crippen LogP contribution in [0.4, 0.5) is 0 Å². The Morgan fingerprint density at radius 2 is 2.33 bits per heavy atom. The third kappa shape index (κ3) is 4.23. The summed E-state index contributed by atoms with van der Waals surface area (Å²) in [5.41, 5.74) is 1.09. The average Bonchev–Trinajstić information content (AvgIpc) is 2.37. The smallest absolute Gasteiger partial charge is 0.129 e. The van der Waals surface area contributed by atoms with Crippen LogP contribution in [0.25, 0.3) is 0 Å². The van der Waals surface area contributed by atoms with Crippen LogP contribution in [0.5, 0.6) is 0 Å². The molecule has 0 radical (unpaired) electrons. The lowest BCUT2D eigenvalue weighted by Gasteiger charge is -2.28. The molecule has 1 aliphatic carbocycles. The van der Waals surface area contributed by atoms with Crippen LogP contribution in [0.3, 0.4) is 0 Å². The van der Waals surface area contributed by atoms with Gasteiger partial charge in [-0.3, -0.25) is 0 Å². The molecule has 2 unspecified atom stereocenters. The van der Waals surface area contributed by atoms with Gasteiger partial charge in [-0.1, -0.05) is 18.0 Å². The quantitative estimate of drug-likeness (QED) is 0.767. The van der Waals surface area contributed by atoms with Gasteiger partial charge in [-0.25, -0.2) is 4.98 Å². The first-order chi connectivity index (χ1) is 8.78. The molecule has 1 aromatic rings. The second-order valence-corrected chi connectivity index (χ2v) is 5.30. The van der Waals surface area contributed by atoms with Crippen molar-refractivity contribution in [2.24, 2.45) is 5.92 Å². The zero-order chi connectivity index (χ0) is 12.8. The van der Waals surface area contributed by atoms with E-state index >= 15 is 0 Å². The average molecular weight is 270 g/mol. The van der Waals surface area contributed by atoms with Gasteiger partial charge in [-0.05, 0) is 42.9 Å². The van der Waals surface area contributed by atoms with Crippen molar-refractivity contribution in [3.63, 3.8) is 0 Å². The maximum Gasteiger partial charge on any atom is 0.129 e. The predicted molar refractivity (Wildman–Crippen MR) is 71.7 cm³/mol. The summed E-state index contributed by atoms with van der Waals surface area (Å²) >= 11 is 5.85. The van der Waals surface area contributed by atoms with Gasteiger partial charge in [0.25, 0.3) is 0 Å². The summed E-state index contributed by atoms with van der Waals surface area (Å²) in [7, 11) is 1.77. The standard InChI is InChI=1S/C14H20ClNO2/c1-17-9-11-3-2-4-13(7-11)18-10-12-5-6-16-14(15)8-12/h5-6,8,11,13H,2-4,7,9-10H2,1H3. The normalized spacial score (nSPS) is 24.1. The molecular formula is C14H20ClNO2. The summed E-state index contributed by atoms with van der Waals surface area (Å²) < 4.78 is 11.2. The highest BCUT2D eigenvalue weighted by atomic mass is 35.5. The van der Waals surface area contributed by atoms with Gasteiger partial charge in [-0.15, -0.1) is 0 Å². The zero-order valence-corrected chi connectivity index (χ0v) is 11.5. The number of hydrogen-bond acceptors (Lipinski definition) is 3. The molecule has 4 heteroatoms. The Kier molecular flexibility index (Phi) is 5.42. The highest BCUT2D eigenvalue weighted by Gasteiger charge is 2.22. The van der Waals surface area contributed by atoms with Gasteiger partial charge in [0, 0.05) is 19.9 Å². The topological polar surface area (TPSA) is 31.4 Å². The second-order valence-electron chi connectivity index (χ2n) is 4.91. The van der Waals surface area contributed by atoms with E-state index in [1.165, 1.54) is 12.8 Å². The molecule has 0 saturated heterocycles. The first-order valence-electron chi connectivity index (χ1n) is 6.49. The van der Waals surface area contributed by atoms with Crippen molar-refractivity contribution in [1.29, 1.82) is 0 Å². The third-order valence-electron chi connectivity index (χ3n) is 3.41. The summed E-state index contributed by atoms with van der Waals surface area (Å²) in [6, 6.07) is 3.80. The minimum Gasteiger partial charge on any atom is -0.384 e. The first kappa shape index (κ1) is 13.8. The van der Waals surface area contributed by atoms with E-state index in [1.54, 1.807) is 13.3 Å². The van der Waals surface area contributed by atoms with Crippen LogP contribution in [0.1, 0.15) is 31.2 Å². The lowest BCUT2D eigenvalue weighted by Crippen LogP contribution is -2.25. The molecule has 3 nitrogen and oxygen atoms in total. The van der Waals surface area contributed by atoms with Crippen molar-refractivity contribution < 1.29 is 9.47 Å². The second kappa shape index (κ2) is 7.07. The first-order valence-corrected chi connectivity index (χ1v) is 6.86. The maximum atomic E-state index is 5.96. The number of ether oxygens (including phenoxy) is 2. The van der Waals surface area contributed by atoms with Gasteiger partial charge in [-0.2, -0.15) is 0 Å². The Bertz CT molecular complexity index is 371. The zero-order valence-electron chi connectivity index (χ0n) is 10.8. The predicted octanol–water partition coefficient (Wildman–Crippen LogP) is 3.46. The number of pyridine rings is 1. The van der Waals surface area contributed by atoms with E-state index < -0.39 is 0 Å². The molecule has 1 fully saturated rings. The number of methoxy groups -OCH3 is 1. The van der Waals surface area contributed by atoms with Crippen molar-refractivity contribution in [3.05, 3.63) is 29.0 Å². The molecule has 0 aliphatic heterocycles. The van der Waals surface area contributed by atoms with E-state index in [0.29, 0.717) is 23.8 Å². The van der Waals surface area contributed by atoms with E-state index in [9.17, 15) is 0 Å². The Hall–Kier alpha value is -0.640. The number of aromatic nitrogens is 1. The fraction of sp³-hybridized carbons (Fsp3) is 0.643. The van der Waals surface area contributed by atoms with Crippen LogP contribution < -0.4 is 0 Å². The van der Waals surface area contributed by atoms with E-state index in [1.807, 2.05) is 12.1 Å². The lowest BCUT2D eigenvalue weighted by atomic mass is 9.88. The highest BCUT2D eigenvalue weighted by molar-refractivity contribution is 6.29. The lowest BCUT2D eigenvalue weighted by molar-refractivity contribution is -0.0103. The molecule has 100 valence electrons. The molecular weight excluding hydrogens is 250 g/mol. The van der Waals surface area contributed by atoms with Gasteiger partial charge in [0.2, 0.25) is 0 Å². The van der Waals surface area contributed by atoms with E-state index in [-0.39, 0.29) is 0 Å². The molecule has 0 amide bonds. The molecule has 2 atom stereocenters. The van der Waals surface area contributed by atoms with Crippen molar-refractivity contribution in [2.75, 3.05) is 13.7 Å². The van der Waals surface area contributed by atoms with Crippen LogP contribution in [0.15, 0.2) is 18.3 Å². The summed E-state index contributed by atoms with van der Waals surface area (Å²) in [5, 5.41) is 0.525. The highest BCUT2D eigenvalue weighted by Crippen LogP contribution is 2.27. The maximum absolute atomic E-state index is 5.96. The van der Waals surface area contributed by atoms with Gasteiger partial charge in [0.05, 0.1) is 12.7 Å². The van der Waals surface area contributed by atoms with Gasteiger partial charge < -0.3 is 9.47 Å². The molecule has 1 heterocycles. The van der Waals surface area contributed by atoms with Gasteiger partial charge in [0.15, 0.2) is 0 Å². The molecule has 0 bridgehead atoms. The largest absolute Gasteiger partial charge is 0.384 e. The Morgan fingerprint density at radius 3 is 3.11 bits per heavy atom. The summed E-state index contributed by atoms with van der Waals surface area (Å²) in [6.45, 7) is 1.47. The minimum absolute atomic E-state index is 0.353. The van der Waals surface area contributed by atoms with Crippen LogP contribution in [0, 0.1) is 5.92 Å². The van der Waals surface area contributed by atoms with Crippen LogP contribution >= 0.6 is 11.6 Å². The van der Waals surface area contributed by atoms with Crippen molar-refractivity contribution in [3.8, 4) is 0 Å². The molecule has 2 rings (SSSR count). The number of rotatable bonds is 5. The monoisotopic (exact) mass is 269 g/mol. The molecule has 1 aromatic heterocycles. The number of halogens is 1. The fourth-order valence-electron chi connectivity index (χ4n) is 2.53. The van der Waals surface area contributed by atoms with Crippen molar-refractivity contribution >= 4 is 11.6 Å². The SMILES string of the molecule is COCC1CCCC(OCc2ccnc(Cl)c2)C1. The van der Waals surface area contributed by atoms with E-state index in [2.05, 4.69) is 4.98 Å². The molecule has 0 spiro atoms. The van der Waals surface area contributed by atoms with E-state index in [0.717, 1.165) is 25.0 Å². The number of hydrogen-bond donors (Lipinski definition) is 0. The minimum atomic E-state index is 0.353. The molecule has 1 aliphatic rings. The number of nitrogens with zero attached hydrogens (tertiary/aromatic N) is 1. The molecule has 18 heavy (non-hydrogen) atoms. The van der Waals surface area contributed by atoms with Gasteiger partial charge >= 0.3 is 0 Å². The summed E-state index contributed by atoms with van der Waals surface area (Å²) in [5.74, 6) is 0.648. The van der Waals surface area contributed by atoms with Crippen molar-refractivity contribution in [2.45, 2.75) is 38.4 Å². The van der Waals surface area contributed by atoms with Gasteiger partial charge in [0.1, 0.15) is 5.15 Å². The third-order valence-corrected chi connectivity index (χ3v) is 3.62. The Balaban J connectivity index is 1.79. The van der Waals surface area contributed by atoms with Crippen LogP contribution in [-0.2, 0) is 16.1 Å². The summed E-state index contributed by atoms with van der Waals surface area (Å²) in [4.78, 5) is 3.96. The summed E-state index contributed by atoms with van der Waals surface area (Å²) in [6.07, 6.45) is 6.82. The van der Waals surface area contributed by atoms with Crippen LogP contribution in [0.2, 0.25) is 5.15 Å². The fourth-order valence-corrected chi connectivity index (χ4v) is 2.72. The Labute approximate surface area is 113 Å². The molecule has 0 aromatic carbocycles. The van der Waals surface area contributed by atoms with E-state index in [4.69, 9.17) is 21.1 Å². The Morgan fingerprint density at radius 1 is 1.44 bits per heavy atom.